The van der Waals surface area contributed by atoms with E-state index in [1.165, 1.54) is 9.80 Å². The summed E-state index contributed by atoms with van der Waals surface area (Å²) in [7, 11) is 3.29. The van der Waals surface area contributed by atoms with Gasteiger partial charge in [-0.3, -0.25) is 4.90 Å². The maximum Gasteiger partial charge on any atom is 0.409 e. The molecule has 0 fully saturated rings. The topological polar surface area (TPSA) is 53.0 Å². The van der Waals surface area contributed by atoms with Crippen LogP contribution in [0.2, 0.25) is 0 Å². The minimum Gasteiger partial charge on any atom is -0.450 e. The second-order valence-corrected chi connectivity index (χ2v) is 3.30. The Morgan fingerprint density at radius 1 is 1.50 bits per heavy atom. The van der Waals surface area contributed by atoms with Crippen LogP contribution in [-0.4, -0.2) is 60.5 Å². The van der Waals surface area contributed by atoms with Crippen LogP contribution in [0.25, 0.3) is 0 Å². The molecule has 0 aliphatic rings. The molecule has 0 radical (unpaired) electrons. The summed E-state index contributed by atoms with van der Waals surface area (Å²) in [5.41, 5.74) is -1.02. The Balaban J connectivity index is 3.72. The number of rotatable bonds is 5. The van der Waals surface area contributed by atoms with Gasteiger partial charge in [0, 0.05) is 20.1 Å². The fourth-order valence-corrected chi connectivity index (χ4v) is 0.837. The van der Waals surface area contributed by atoms with Gasteiger partial charge in [0.2, 0.25) is 0 Å². The van der Waals surface area contributed by atoms with Gasteiger partial charge in [0.15, 0.2) is 5.69 Å². The number of carbonyl (C=O) groups is 1. The van der Waals surface area contributed by atoms with Crippen LogP contribution in [0, 0.1) is 0 Å². The maximum atomic E-state index is 11.1. The molecule has 0 aromatic rings. The van der Waals surface area contributed by atoms with Crippen molar-refractivity contribution in [1.82, 2.24) is 9.80 Å². The Kier molecular flexibility index (Phi) is 6.61. The molecular formula is C8H17ClN2O3. The van der Waals surface area contributed by atoms with Crippen LogP contribution in [0.5, 0.6) is 0 Å². The van der Waals surface area contributed by atoms with E-state index in [0.717, 1.165) is 0 Å². The summed E-state index contributed by atoms with van der Waals surface area (Å²) in [6.07, 6.45) is -0.370. The van der Waals surface area contributed by atoms with Crippen molar-refractivity contribution >= 4 is 17.7 Å². The average Bonchev–Trinajstić information content (AvgIpc) is 2.13. The fourth-order valence-electron chi connectivity index (χ4n) is 0.739. The van der Waals surface area contributed by atoms with Gasteiger partial charge >= 0.3 is 6.09 Å². The summed E-state index contributed by atoms with van der Waals surface area (Å²) in [5, 5.41) is 8.93. The number of hydrogen-bond donors (Lipinski definition) is 1. The molecule has 1 unspecified atom stereocenters. The van der Waals surface area contributed by atoms with Gasteiger partial charge in [0.1, 0.15) is 0 Å². The minimum atomic E-state index is -1.02. The van der Waals surface area contributed by atoms with Gasteiger partial charge in [-0.1, -0.05) is 11.6 Å². The van der Waals surface area contributed by atoms with Gasteiger partial charge in [-0.05, 0) is 14.0 Å². The first-order valence-electron chi connectivity index (χ1n) is 4.39. The molecule has 0 heterocycles. The highest BCUT2D eigenvalue weighted by Gasteiger charge is 2.12. The first kappa shape index (κ1) is 13.5. The van der Waals surface area contributed by atoms with Crippen molar-refractivity contribution in [3.63, 3.8) is 0 Å². The molecule has 0 saturated carbocycles. The van der Waals surface area contributed by atoms with E-state index in [1.54, 1.807) is 21.0 Å². The van der Waals surface area contributed by atoms with E-state index >= 15 is 0 Å². The van der Waals surface area contributed by atoms with Crippen molar-refractivity contribution in [2.45, 2.75) is 12.6 Å². The Morgan fingerprint density at radius 3 is 2.50 bits per heavy atom. The highest BCUT2D eigenvalue weighted by atomic mass is 35.5. The van der Waals surface area contributed by atoms with Crippen molar-refractivity contribution in [2.24, 2.45) is 0 Å². The van der Waals surface area contributed by atoms with E-state index in [2.05, 4.69) is 0 Å². The van der Waals surface area contributed by atoms with Crippen LogP contribution in [0.15, 0.2) is 0 Å². The predicted molar refractivity (Wildman–Crippen MR) is 54.1 cm³/mol. The first-order valence-corrected chi connectivity index (χ1v) is 4.83. The zero-order valence-electron chi connectivity index (χ0n) is 8.73. The van der Waals surface area contributed by atoms with Gasteiger partial charge in [-0.25, -0.2) is 4.79 Å². The predicted octanol–water partition coefficient (Wildman–Crippen LogP) is 0.521. The Morgan fingerprint density at radius 2 is 2.07 bits per heavy atom. The van der Waals surface area contributed by atoms with Crippen molar-refractivity contribution in [3.8, 4) is 0 Å². The zero-order valence-corrected chi connectivity index (χ0v) is 9.49. The monoisotopic (exact) mass is 224 g/mol. The number of aliphatic hydroxyl groups is 1. The van der Waals surface area contributed by atoms with E-state index in [1.807, 2.05) is 0 Å². The molecule has 0 aliphatic heterocycles. The Hall–Kier alpha value is -0.520. The summed E-state index contributed by atoms with van der Waals surface area (Å²) in [6.45, 7) is 3.05. The summed E-state index contributed by atoms with van der Waals surface area (Å²) >= 11 is 5.40. The smallest absolute Gasteiger partial charge is 0.409 e. The van der Waals surface area contributed by atoms with Crippen LogP contribution in [0.1, 0.15) is 6.92 Å². The third-order valence-electron chi connectivity index (χ3n) is 1.73. The lowest BCUT2D eigenvalue weighted by Gasteiger charge is -2.22. The molecule has 0 spiro atoms. The second-order valence-electron chi connectivity index (χ2n) is 2.91. The van der Waals surface area contributed by atoms with Crippen LogP contribution in [0.4, 0.5) is 4.79 Å². The zero-order chi connectivity index (χ0) is 11.1. The van der Waals surface area contributed by atoms with Crippen molar-refractivity contribution in [1.29, 1.82) is 0 Å². The number of hydrogen-bond acceptors (Lipinski definition) is 4. The van der Waals surface area contributed by atoms with Gasteiger partial charge in [0.05, 0.1) is 6.61 Å². The molecule has 0 aliphatic carbocycles. The highest BCUT2D eigenvalue weighted by molar-refractivity contribution is 6.19. The third kappa shape index (κ3) is 5.26. The molecule has 84 valence electrons. The van der Waals surface area contributed by atoms with Crippen LogP contribution in [-0.2, 0) is 4.74 Å². The van der Waals surface area contributed by atoms with Gasteiger partial charge in [0.25, 0.3) is 0 Å². The number of nitrogens with zero attached hydrogens (tertiary/aromatic N) is 2. The standard InChI is InChI=1S/C8H17ClN2O3/c1-4-14-8(13)11(3)6-5-10(2)7(9)12/h7,12H,4-6H2,1-3H3. The molecule has 14 heavy (non-hydrogen) atoms. The molecular weight excluding hydrogens is 208 g/mol. The SMILES string of the molecule is CCOC(=O)N(C)CCN(C)C(O)Cl. The molecule has 1 N–H and O–H groups in total. The van der Waals surface area contributed by atoms with E-state index in [-0.39, 0.29) is 6.09 Å². The van der Waals surface area contributed by atoms with Crippen LogP contribution < -0.4 is 0 Å². The lowest BCUT2D eigenvalue weighted by atomic mass is 10.5. The molecule has 0 aromatic heterocycles. The number of aliphatic hydroxyl groups excluding tert-OH is 1. The van der Waals surface area contributed by atoms with Gasteiger partial charge in [-0.2, -0.15) is 0 Å². The number of ether oxygens (including phenoxy) is 1. The summed E-state index contributed by atoms with van der Waals surface area (Å²) in [5.74, 6) is 0. The fraction of sp³-hybridized carbons (Fsp3) is 0.875. The van der Waals surface area contributed by atoms with E-state index in [9.17, 15) is 4.79 Å². The molecule has 0 bridgehead atoms. The Labute approximate surface area is 89.2 Å². The summed E-state index contributed by atoms with van der Waals surface area (Å²) in [6, 6.07) is 0. The Bertz CT molecular complexity index is 178. The van der Waals surface area contributed by atoms with Gasteiger partial charge in [-0.15, -0.1) is 0 Å². The first-order chi connectivity index (χ1) is 6.49. The second kappa shape index (κ2) is 6.86. The van der Waals surface area contributed by atoms with Crippen molar-refractivity contribution in [3.05, 3.63) is 0 Å². The van der Waals surface area contributed by atoms with E-state index < -0.39 is 5.69 Å². The number of alkyl halides is 1. The van der Waals surface area contributed by atoms with E-state index in [4.69, 9.17) is 21.4 Å². The average molecular weight is 225 g/mol. The number of halogens is 1. The van der Waals surface area contributed by atoms with Gasteiger partial charge < -0.3 is 14.7 Å². The molecule has 1 atom stereocenters. The largest absolute Gasteiger partial charge is 0.450 e. The number of amides is 1. The lowest BCUT2D eigenvalue weighted by Crippen LogP contribution is -2.37. The highest BCUT2D eigenvalue weighted by Crippen LogP contribution is 1.97. The molecule has 5 nitrogen and oxygen atoms in total. The summed E-state index contributed by atoms with van der Waals surface area (Å²) < 4.78 is 4.77. The molecule has 6 heteroatoms. The lowest BCUT2D eigenvalue weighted by molar-refractivity contribution is 0.0765. The molecule has 0 rings (SSSR count). The quantitative estimate of drug-likeness (QED) is 0.420. The number of carbonyl (C=O) groups excluding carboxylic acids is 1. The molecule has 0 saturated heterocycles. The van der Waals surface area contributed by atoms with Crippen LogP contribution >= 0.6 is 11.6 Å². The van der Waals surface area contributed by atoms with Crippen molar-refractivity contribution in [2.75, 3.05) is 33.8 Å². The number of likely N-dealkylation sites (N-methyl/N-ethyl adjacent to an activating group) is 2. The third-order valence-corrected chi connectivity index (χ3v) is 2.06. The molecule has 0 aromatic carbocycles. The normalized spacial score (nSPS) is 12.7. The van der Waals surface area contributed by atoms with Crippen LogP contribution in [0.3, 0.4) is 0 Å². The minimum absolute atomic E-state index is 0.358. The maximum absolute atomic E-state index is 11.1. The van der Waals surface area contributed by atoms with Crippen molar-refractivity contribution < 1.29 is 14.6 Å². The van der Waals surface area contributed by atoms with E-state index in [0.29, 0.717) is 19.7 Å². The molecule has 1 amide bonds. The summed E-state index contributed by atoms with van der Waals surface area (Å²) in [4.78, 5) is 14.1.